The van der Waals surface area contributed by atoms with E-state index in [9.17, 15) is 10.1 Å². The molecule has 2 aromatic carbocycles. The molecule has 31 heavy (non-hydrogen) atoms. The van der Waals surface area contributed by atoms with Crippen molar-refractivity contribution >= 4 is 17.4 Å². The van der Waals surface area contributed by atoms with Crippen LogP contribution >= 0.6 is 0 Å². The lowest BCUT2D eigenvalue weighted by molar-refractivity contribution is -0.120. The third-order valence-electron chi connectivity index (χ3n) is 6.82. The lowest BCUT2D eigenvalue weighted by Crippen LogP contribution is -2.55. The van der Waals surface area contributed by atoms with Crippen molar-refractivity contribution in [3.05, 3.63) is 70.9 Å². The first-order valence-electron chi connectivity index (χ1n) is 10.6. The van der Waals surface area contributed by atoms with Crippen LogP contribution in [0.25, 0.3) is 0 Å². The summed E-state index contributed by atoms with van der Waals surface area (Å²) in [5.74, 6) is -0.0660. The Hall–Kier alpha value is -3.59. The smallest absolute Gasteiger partial charge is 0.241 e. The maximum atomic E-state index is 13.5. The van der Waals surface area contributed by atoms with Crippen LogP contribution in [0.3, 0.4) is 0 Å². The Morgan fingerprint density at radius 1 is 1.19 bits per heavy atom. The number of fused-ring (bicyclic) bond motifs is 3. The van der Waals surface area contributed by atoms with Crippen molar-refractivity contribution in [1.82, 2.24) is 4.90 Å². The van der Waals surface area contributed by atoms with Crippen molar-refractivity contribution in [2.45, 2.75) is 37.6 Å². The topological polar surface area (TPSA) is 89.2 Å². The van der Waals surface area contributed by atoms with Gasteiger partial charge in [0.25, 0.3) is 0 Å². The number of hydrogen-bond donors (Lipinski definition) is 2. The Morgan fingerprint density at radius 3 is 2.68 bits per heavy atom. The van der Waals surface area contributed by atoms with Gasteiger partial charge in [-0.3, -0.25) is 10.2 Å². The number of para-hydroxylation sites is 1. The van der Waals surface area contributed by atoms with Gasteiger partial charge in [-0.05, 0) is 60.6 Å². The molecule has 2 heterocycles. The van der Waals surface area contributed by atoms with Gasteiger partial charge in [-0.25, -0.2) is 0 Å². The third kappa shape index (κ3) is 2.70. The number of nitrogens with zero attached hydrogens (tertiary/aromatic N) is 2. The van der Waals surface area contributed by atoms with Crippen LogP contribution in [-0.4, -0.2) is 23.8 Å². The summed E-state index contributed by atoms with van der Waals surface area (Å²) in [4.78, 5) is 15.4. The van der Waals surface area contributed by atoms with Crippen LogP contribution in [0.5, 0.6) is 5.75 Å². The summed E-state index contributed by atoms with van der Waals surface area (Å²) in [6.45, 7) is 0.499. The fourth-order valence-corrected chi connectivity index (χ4v) is 5.41. The van der Waals surface area contributed by atoms with Crippen LogP contribution in [-0.2, 0) is 16.8 Å². The fraction of sp³-hybridized carbons (Fsp3) is 0.320. The van der Waals surface area contributed by atoms with Gasteiger partial charge in [0.15, 0.2) is 0 Å². The number of carbonyl (C=O) groups excluding carboxylic acids is 1. The van der Waals surface area contributed by atoms with E-state index >= 15 is 0 Å². The summed E-state index contributed by atoms with van der Waals surface area (Å²) in [7, 11) is 1.63. The highest BCUT2D eigenvalue weighted by Gasteiger charge is 2.60. The van der Waals surface area contributed by atoms with Crippen molar-refractivity contribution in [1.29, 1.82) is 10.7 Å². The zero-order chi connectivity index (χ0) is 21.6. The maximum Gasteiger partial charge on any atom is 0.241 e. The number of benzene rings is 2. The minimum absolute atomic E-state index is 0.177. The number of amides is 1. The molecule has 1 amide bonds. The van der Waals surface area contributed by atoms with Crippen LogP contribution in [0, 0.1) is 22.7 Å². The van der Waals surface area contributed by atoms with E-state index in [2.05, 4.69) is 11.4 Å². The first-order valence-corrected chi connectivity index (χ1v) is 10.6. The van der Waals surface area contributed by atoms with E-state index in [1.165, 1.54) is 0 Å². The van der Waals surface area contributed by atoms with Crippen molar-refractivity contribution in [3.8, 4) is 11.8 Å². The van der Waals surface area contributed by atoms with Crippen molar-refractivity contribution in [3.63, 3.8) is 0 Å². The highest BCUT2D eigenvalue weighted by Crippen LogP contribution is 2.55. The van der Waals surface area contributed by atoms with Gasteiger partial charge >= 0.3 is 0 Å². The summed E-state index contributed by atoms with van der Waals surface area (Å²) in [6.07, 6.45) is 3.57. The van der Waals surface area contributed by atoms with E-state index in [4.69, 9.17) is 10.1 Å². The molecule has 0 bridgehead atoms. The van der Waals surface area contributed by atoms with E-state index in [1.807, 2.05) is 53.4 Å². The Labute approximate surface area is 181 Å². The van der Waals surface area contributed by atoms with Gasteiger partial charge in [-0.15, -0.1) is 0 Å². The third-order valence-corrected chi connectivity index (χ3v) is 6.82. The molecule has 1 spiro atoms. The Kier molecular flexibility index (Phi) is 4.55. The van der Waals surface area contributed by atoms with Crippen LogP contribution in [0.2, 0.25) is 0 Å². The van der Waals surface area contributed by atoms with E-state index in [-0.39, 0.29) is 11.7 Å². The number of ether oxygens (including phenoxy) is 1. The molecule has 2 aromatic rings. The van der Waals surface area contributed by atoms with E-state index < -0.39 is 11.3 Å². The predicted molar refractivity (Wildman–Crippen MR) is 118 cm³/mol. The van der Waals surface area contributed by atoms with Crippen molar-refractivity contribution < 1.29 is 9.53 Å². The molecule has 5 rings (SSSR count). The first-order chi connectivity index (χ1) is 15.1. The Morgan fingerprint density at radius 2 is 1.94 bits per heavy atom. The van der Waals surface area contributed by atoms with Crippen LogP contribution in [0.1, 0.15) is 36.8 Å². The zero-order valence-corrected chi connectivity index (χ0v) is 17.4. The SMILES string of the molecule is COc1ccc(CN2C(=N)[C@H](C#N)[C@@]3(C(=O)Nc4ccccc43)C3=C2CCCC3)cc1. The molecule has 0 aromatic heterocycles. The Bertz CT molecular complexity index is 1140. The lowest BCUT2D eigenvalue weighted by atomic mass is 9.60. The van der Waals surface area contributed by atoms with E-state index in [1.54, 1.807) is 7.11 Å². The van der Waals surface area contributed by atoms with Crippen LogP contribution < -0.4 is 10.1 Å². The van der Waals surface area contributed by atoms with Gasteiger partial charge in [-0.2, -0.15) is 5.26 Å². The summed E-state index contributed by atoms with van der Waals surface area (Å²) >= 11 is 0. The predicted octanol–water partition coefficient (Wildman–Crippen LogP) is 4.35. The second-order valence-corrected chi connectivity index (χ2v) is 8.32. The lowest BCUT2D eigenvalue weighted by Gasteiger charge is -2.47. The summed E-state index contributed by atoms with van der Waals surface area (Å²) < 4.78 is 5.26. The highest BCUT2D eigenvalue weighted by atomic mass is 16.5. The average molecular weight is 412 g/mol. The number of nitrogens with one attached hydrogen (secondary N) is 2. The second-order valence-electron chi connectivity index (χ2n) is 8.32. The fourth-order valence-electron chi connectivity index (χ4n) is 5.41. The molecule has 0 fully saturated rings. The molecule has 0 unspecified atom stereocenters. The number of rotatable bonds is 3. The number of anilines is 1. The van der Waals surface area contributed by atoms with Gasteiger partial charge in [0.2, 0.25) is 5.91 Å². The van der Waals surface area contributed by atoms with Gasteiger partial charge < -0.3 is 15.0 Å². The molecule has 2 N–H and O–H groups in total. The number of nitriles is 1. The maximum absolute atomic E-state index is 13.5. The van der Waals surface area contributed by atoms with Crippen molar-refractivity contribution in [2.75, 3.05) is 12.4 Å². The standard InChI is InChI=1S/C25H24N4O2/c1-31-17-12-10-16(11-13-17)15-29-22-9-5-3-7-19(22)25(20(14-26)23(29)27)18-6-2-4-8-21(18)28-24(25)30/h2,4,6,8,10-13,20,27H,3,5,7,9,15H2,1H3,(H,28,30)/t20-,25-/m0/s1. The molecule has 1 aliphatic carbocycles. The monoisotopic (exact) mass is 412 g/mol. The number of hydrogen-bond acceptors (Lipinski definition) is 4. The zero-order valence-electron chi connectivity index (χ0n) is 17.4. The first kappa shape index (κ1) is 19.4. The molecule has 0 radical (unpaired) electrons. The van der Waals surface area contributed by atoms with Gasteiger partial charge in [0.1, 0.15) is 22.9 Å². The summed E-state index contributed by atoms with van der Waals surface area (Å²) in [5.41, 5.74) is 3.56. The molecule has 6 heteroatoms. The number of allylic oxidation sites excluding steroid dienone is 1. The minimum atomic E-state index is -1.10. The van der Waals surface area contributed by atoms with Crippen molar-refractivity contribution in [2.24, 2.45) is 5.92 Å². The molecule has 0 saturated carbocycles. The van der Waals surface area contributed by atoms with Crippen LogP contribution in [0.4, 0.5) is 5.69 Å². The largest absolute Gasteiger partial charge is 0.497 e. The highest BCUT2D eigenvalue weighted by molar-refractivity contribution is 6.13. The normalized spacial score (nSPS) is 24.5. The minimum Gasteiger partial charge on any atom is -0.497 e. The van der Waals surface area contributed by atoms with Gasteiger partial charge in [0, 0.05) is 17.9 Å². The molecular formula is C25H24N4O2. The van der Waals surface area contributed by atoms with E-state index in [0.717, 1.165) is 59.5 Å². The number of amidine groups is 1. The van der Waals surface area contributed by atoms with Gasteiger partial charge in [-0.1, -0.05) is 30.3 Å². The molecule has 3 aliphatic rings. The summed E-state index contributed by atoms with van der Waals surface area (Å²) in [6, 6.07) is 17.7. The molecular weight excluding hydrogens is 388 g/mol. The van der Waals surface area contributed by atoms with Gasteiger partial charge in [0.05, 0.1) is 13.2 Å². The molecule has 6 nitrogen and oxygen atoms in total. The average Bonchev–Trinajstić information content (AvgIpc) is 3.10. The Balaban J connectivity index is 1.67. The van der Waals surface area contributed by atoms with E-state index in [0.29, 0.717) is 6.54 Å². The van der Waals surface area contributed by atoms with Crippen LogP contribution in [0.15, 0.2) is 59.8 Å². The number of carbonyl (C=O) groups is 1. The summed E-state index contributed by atoms with van der Waals surface area (Å²) in [5, 5.41) is 22.3. The molecule has 0 saturated heterocycles. The molecule has 2 atom stereocenters. The molecule has 2 aliphatic heterocycles. The molecule has 156 valence electrons. The second kappa shape index (κ2) is 7.28. The quantitative estimate of drug-likeness (QED) is 0.785. The number of methoxy groups -OCH3 is 1.